The van der Waals surface area contributed by atoms with E-state index in [9.17, 15) is 9.90 Å². The number of aromatic nitrogens is 1. The molecule has 0 aliphatic heterocycles. The Morgan fingerprint density at radius 1 is 1.10 bits per heavy atom. The molecule has 0 fully saturated rings. The number of benzene rings is 2. The van der Waals surface area contributed by atoms with Gasteiger partial charge in [-0.2, -0.15) is 0 Å². The second-order valence-electron chi connectivity index (χ2n) is 4.50. The highest BCUT2D eigenvalue weighted by molar-refractivity contribution is 9.10. The second-order valence-corrected chi connectivity index (χ2v) is 5.36. The largest absolute Gasteiger partial charge is 0.507 e. The van der Waals surface area contributed by atoms with E-state index < -0.39 is 5.91 Å². The lowest BCUT2D eigenvalue weighted by Gasteiger charge is -2.09. The number of carbonyl (C=O) groups is 1. The van der Waals surface area contributed by atoms with E-state index in [1.807, 2.05) is 24.3 Å². The summed E-state index contributed by atoms with van der Waals surface area (Å²) in [6.45, 7) is 0. The molecule has 0 aliphatic carbocycles. The quantitative estimate of drug-likeness (QED) is 0.741. The zero-order valence-electron chi connectivity index (χ0n) is 10.9. The van der Waals surface area contributed by atoms with Gasteiger partial charge in [0.2, 0.25) is 0 Å². The maximum absolute atomic E-state index is 12.3. The smallest absolute Gasteiger partial charge is 0.260 e. The van der Waals surface area contributed by atoms with E-state index in [-0.39, 0.29) is 11.3 Å². The van der Waals surface area contributed by atoms with E-state index in [1.165, 1.54) is 0 Å². The van der Waals surface area contributed by atoms with Gasteiger partial charge in [-0.1, -0.05) is 24.3 Å². The molecule has 4 nitrogen and oxygen atoms in total. The van der Waals surface area contributed by atoms with Crippen molar-refractivity contribution >= 4 is 38.4 Å². The number of phenolic OH excluding ortho intramolecular Hbond substituents is 1. The third-order valence-electron chi connectivity index (χ3n) is 3.10. The molecule has 0 radical (unpaired) electrons. The van der Waals surface area contributed by atoms with Crippen molar-refractivity contribution in [3.8, 4) is 5.75 Å². The van der Waals surface area contributed by atoms with Gasteiger partial charge in [-0.25, -0.2) is 4.98 Å². The molecule has 0 saturated carbocycles. The van der Waals surface area contributed by atoms with E-state index in [0.717, 1.165) is 10.8 Å². The van der Waals surface area contributed by atoms with Crippen LogP contribution in [0.25, 0.3) is 10.8 Å². The highest BCUT2D eigenvalue weighted by atomic mass is 79.9. The zero-order valence-corrected chi connectivity index (χ0v) is 12.5. The molecular weight excluding hydrogens is 332 g/mol. The fraction of sp³-hybridized carbons (Fsp3) is 0. The Morgan fingerprint density at radius 2 is 1.81 bits per heavy atom. The number of hydrogen-bond donors (Lipinski definition) is 2. The Bertz CT molecular complexity index is 833. The van der Waals surface area contributed by atoms with E-state index in [4.69, 9.17) is 0 Å². The number of rotatable bonds is 2. The van der Waals surface area contributed by atoms with Crippen molar-refractivity contribution in [1.29, 1.82) is 0 Å². The molecule has 3 rings (SSSR count). The number of carbonyl (C=O) groups excluding carboxylic acids is 1. The Labute approximate surface area is 129 Å². The van der Waals surface area contributed by atoms with Crippen LogP contribution >= 0.6 is 15.9 Å². The summed E-state index contributed by atoms with van der Waals surface area (Å²) < 4.78 is 0.679. The van der Waals surface area contributed by atoms with Gasteiger partial charge in [0.15, 0.2) is 0 Å². The fourth-order valence-corrected chi connectivity index (χ4v) is 2.42. The minimum atomic E-state index is -0.405. The second kappa shape index (κ2) is 5.54. The van der Waals surface area contributed by atoms with E-state index in [1.54, 1.807) is 30.5 Å². The highest BCUT2D eigenvalue weighted by Crippen LogP contribution is 2.26. The molecule has 5 heteroatoms. The predicted molar refractivity (Wildman–Crippen MR) is 85.5 cm³/mol. The van der Waals surface area contributed by atoms with Crippen molar-refractivity contribution in [2.75, 3.05) is 5.32 Å². The monoisotopic (exact) mass is 342 g/mol. The average Bonchev–Trinajstić information content (AvgIpc) is 2.49. The molecule has 1 amide bonds. The Hall–Kier alpha value is -2.40. The van der Waals surface area contributed by atoms with Gasteiger partial charge in [-0.15, -0.1) is 0 Å². The number of phenols is 1. The summed E-state index contributed by atoms with van der Waals surface area (Å²) in [5.74, 6) is -0.0500. The Balaban J connectivity index is 1.98. The third kappa shape index (κ3) is 2.73. The van der Waals surface area contributed by atoms with Gasteiger partial charge in [0.1, 0.15) is 11.6 Å². The summed E-state index contributed by atoms with van der Waals surface area (Å²) in [6, 6.07) is 14.3. The van der Waals surface area contributed by atoms with Crippen LogP contribution in [0.4, 0.5) is 5.82 Å². The van der Waals surface area contributed by atoms with Gasteiger partial charge >= 0.3 is 0 Å². The van der Waals surface area contributed by atoms with Gasteiger partial charge in [0, 0.05) is 6.20 Å². The van der Waals surface area contributed by atoms with Crippen LogP contribution in [0.3, 0.4) is 0 Å². The number of aromatic hydroxyl groups is 1. The standard InChI is InChI=1S/C16H11BrN2O2/c17-13-6-3-7-18-15(13)19-16(21)12-8-10-4-1-2-5-11(10)9-14(12)20/h1-9,20H,(H,18,19,21). The van der Waals surface area contributed by atoms with Crippen LogP contribution in [0.1, 0.15) is 10.4 Å². The first-order chi connectivity index (χ1) is 10.1. The summed E-state index contributed by atoms with van der Waals surface area (Å²) in [7, 11) is 0. The molecule has 0 bridgehead atoms. The highest BCUT2D eigenvalue weighted by Gasteiger charge is 2.14. The van der Waals surface area contributed by atoms with Crippen LogP contribution in [0.15, 0.2) is 59.2 Å². The van der Waals surface area contributed by atoms with Crippen molar-refractivity contribution in [2.45, 2.75) is 0 Å². The third-order valence-corrected chi connectivity index (χ3v) is 3.74. The van der Waals surface area contributed by atoms with Gasteiger partial charge < -0.3 is 10.4 Å². The van der Waals surface area contributed by atoms with Gasteiger partial charge in [-0.3, -0.25) is 4.79 Å². The molecule has 2 N–H and O–H groups in total. The van der Waals surface area contributed by atoms with Crippen LogP contribution < -0.4 is 5.32 Å². The van der Waals surface area contributed by atoms with Crippen molar-refractivity contribution in [2.24, 2.45) is 0 Å². The van der Waals surface area contributed by atoms with E-state index in [2.05, 4.69) is 26.2 Å². The van der Waals surface area contributed by atoms with Crippen molar-refractivity contribution in [1.82, 2.24) is 4.98 Å². The molecule has 21 heavy (non-hydrogen) atoms. The number of nitrogens with one attached hydrogen (secondary N) is 1. The molecule has 1 heterocycles. The lowest BCUT2D eigenvalue weighted by Crippen LogP contribution is -2.13. The lowest BCUT2D eigenvalue weighted by atomic mass is 10.1. The molecule has 0 saturated heterocycles. The van der Waals surface area contributed by atoms with Crippen molar-refractivity contribution < 1.29 is 9.90 Å². The maximum Gasteiger partial charge on any atom is 0.260 e. The predicted octanol–water partition coefficient (Wildman–Crippen LogP) is 3.96. The van der Waals surface area contributed by atoms with Gasteiger partial charge in [0.25, 0.3) is 5.91 Å². The Morgan fingerprint density at radius 3 is 2.52 bits per heavy atom. The molecule has 0 unspecified atom stereocenters. The number of amides is 1. The summed E-state index contributed by atoms with van der Waals surface area (Å²) in [5, 5.41) is 14.5. The fourth-order valence-electron chi connectivity index (χ4n) is 2.06. The molecule has 104 valence electrons. The number of fused-ring (bicyclic) bond motifs is 1. The normalized spacial score (nSPS) is 10.5. The number of anilines is 1. The molecule has 0 atom stereocenters. The van der Waals surface area contributed by atoms with Crippen molar-refractivity contribution in [3.63, 3.8) is 0 Å². The molecule has 2 aromatic carbocycles. The molecule has 3 aromatic rings. The van der Waals surface area contributed by atoms with Crippen LogP contribution in [0.2, 0.25) is 0 Å². The summed E-state index contributed by atoms with van der Waals surface area (Å²) in [5.41, 5.74) is 0.214. The number of halogens is 1. The van der Waals surface area contributed by atoms with Crippen LogP contribution in [-0.4, -0.2) is 16.0 Å². The topological polar surface area (TPSA) is 62.2 Å². The minimum absolute atomic E-state index is 0.0572. The van der Waals surface area contributed by atoms with Gasteiger partial charge in [-0.05, 0) is 51.0 Å². The number of pyridine rings is 1. The molecule has 0 spiro atoms. The summed E-state index contributed by atoms with van der Waals surface area (Å²) in [4.78, 5) is 16.4. The summed E-state index contributed by atoms with van der Waals surface area (Å²) >= 11 is 3.32. The first-order valence-corrected chi connectivity index (χ1v) is 7.08. The lowest BCUT2D eigenvalue weighted by molar-refractivity contribution is 0.102. The van der Waals surface area contributed by atoms with E-state index >= 15 is 0 Å². The molecule has 0 aliphatic rings. The Kier molecular flexibility index (Phi) is 3.58. The average molecular weight is 343 g/mol. The number of hydrogen-bond acceptors (Lipinski definition) is 3. The van der Waals surface area contributed by atoms with Crippen LogP contribution in [0, 0.1) is 0 Å². The first kappa shape index (κ1) is 13.6. The van der Waals surface area contributed by atoms with Crippen LogP contribution in [-0.2, 0) is 0 Å². The van der Waals surface area contributed by atoms with Crippen molar-refractivity contribution in [3.05, 3.63) is 64.8 Å². The van der Waals surface area contributed by atoms with Crippen LogP contribution in [0.5, 0.6) is 5.75 Å². The summed E-state index contributed by atoms with van der Waals surface area (Å²) in [6.07, 6.45) is 1.58. The molecule has 1 aromatic heterocycles. The zero-order chi connectivity index (χ0) is 14.8. The van der Waals surface area contributed by atoms with E-state index in [0.29, 0.717) is 10.3 Å². The maximum atomic E-state index is 12.3. The van der Waals surface area contributed by atoms with Gasteiger partial charge in [0.05, 0.1) is 10.0 Å². The molecular formula is C16H11BrN2O2. The minimum Gasteiger partial charge on any atom is -0.507 e. The first-order valence-electron chi connectivity index (χ1n) is 6.29. The number of nitrogens with zero attached hydrogens (tertiary/aromatic N) is 1. The SMILES string of the molecule is O=C(Nc1ncccc1Br)c1cc2ccccc2cc1O.